The summed E-state index contributed by atoms with van der Waals surface area (Å²) in [5, 5.41) is 5.36. The van der Waals surface area contributed by atoms with Gasteiger partial charge in [0.1, 0.15) is 6.54 Å². The number of amides is 3. The maximum absolute atomic E-state index is 13.2. The summed E-state index contributed by atoms with van der Waals surface area (Å²) in [7, 11) is 0. The summed E-state index contributed by atoms with van der Waals surface area (Å²) in [5.41, 5.74) is -0.692. The molecule has 1 saturated heterocycles. The molecule has 2 aliphatic rings. The van der Waals surface area contributed by atoms with Gasteiger partial charge >= 0.3 is 6.18 Å². The second-order valence-electron chi connectivity index (χ2n) is 9.25. The Morgan fingerprint density at radius 1 is 1.20 bits per heavy atom. The van der Waals surface area contributed by atoms with Crippen LogP contribution in [-0.4, -0.2) is 67.6 Å². The van der Waals surface area contributed by atoms with Crippen LogP contribution in [0.25, 0.3) is 0 Å². The molecule has 8 nitrogen and oxygen atoms in total. The molecule has 0 spiro atoms. The van der Waals surface area contributed by atoms with Crippen LogP contribution in [0.5, 0.6) is 0 Å². The highest BCUT2D eigenvalue weighted by Gasteiger charge is 2.37. The number of hydrogen-bond acceptors (Lipinski definition) is 5. The van der Waals surface area contributed by atoms with E-state index in [4.69, 9.17) is 4.74 Å². The van der Waals surface area contributed by atoms with Gasteiger partial charge in [-0.15, -0.1) is 0 Å². The second-order valence-corrected chi connectivity index (χ2v) is 9.25. The van der Waals surface area contributed by atoms with Crippen LogP contribution in [-0.2, 0) is 25.3 Å². The van der Waals surface area contributed by atoms with Gasteiger partial charge in [0.2, 0.25) is 17.7 Å². The highest BCUT2D eigenvalue weighted by Crippen LogP contribution is 2.37. The lowest BCUT2D eigenvalue weighted by Gasteiger charge is -2.38. The third-order valence-corrected chi connectivity index (χ3v) is 6.33. The molecule has 0 aliphatic carbocycles. The number of carbonyl (C=O) groups is 3. The molecule has 1 aromatic rings. The van der Waals surface area contributed by atoms with Crippen LogP contribution < -0.4 is 15.5 Å². The van der Waals surface area contributed by atoms with Crippen molar-refractivity contribution in [3.8, 4) is 0 Å². The number of benzene rings is 1. The number of nitrogens with one attached hydrogen (secondary N) is 2. The summed E-state index contributed by atoms with van der Waals surface area (Å²) in [6, 6.07) is 2.37. The van der Waals surface area contributed by atoms with E-state index in [0.29, 0.717) is 39.1 Å². The molecule has 0 bridgehead atoms. The van der Waals surface area contributed by atoms with Gasteiger partial charge in [-0.1, -0.05) is 0 Å². The summed E-state index contributed by atoms with van der Waals surface area (Å²) in [6.45, 7) is 7.57. The maximum Gasteiger partial charge on any atom is 0.416 e. The summed E-state index contributed by atoms with van der Waals surface area (Å²) in [5.74, 6) is -1.06. The first kappa shape index (κ1) is 26.9. The molecule has 0 radical (unpaired) electrons. The summed E-state index contributed by atoms with van der Waals surface area (Å²) < 4.78 is 44.7. The van der Waals surface area contributed by atoms with E-state index in [9.17, 15) is 27.6 Å². The Balaban J connectivity index is 1.55. The highest BCUT2D eigenvalue weighted by atomic mass is 19.4. The van der Waals surface area contributed by atoms with Crippen molar-refractivity contribution in [2.45, 2.75) is 58.4 Å². The zero-order valence-corrected chi connectivity index (χ0v) is 20.3. The van der Waals surface area contributed by atoms with E-state index in [-0.39, 0.29) is 41.8 Å². The SMILES string of the molecule is CC(C)OCCCNC(=O)C1CCN(C(C)C(=O)N2CC(=O)Nc3cc(C(F)(F)F)ccc32)CC1. The molecule has 1 aromatic carbocycles. The van der Waals surface area contributed by atoms with Crippen LogP contribution in [0.4, 0.5) is 24.5 Å². The third-order valence-electron chi connectivity index (χ3n) is 6.33. The van der Waals surface area contributed by atoms with E-state index in [1.807, 2.05) is 18.7 Å². The Labute approximate surface area is 203 Å². The number of carbonyl (C=O) groups excluding carboxylic acids is 3. The van der Waals surface area contributed by atoms with Crippen LogP contribution in [0.3, 0.4) is 0 Å². The predicted octanol–water partition coefficient (Wildman–Crippen LogP) is 3.02. The number of halogens is 3. The van der Waals surface area contributed by atoms with Crippen molar-refractivity contribution < 1.29 is 32.3 Å². The zero-order valence-electron chi connectivity index (χ0n) is 20.3. The fraction of sp³-hybridized carbons (Fsp3) is 0.625. The Bertz CT molecular complexity index is 930. The van der Waals surface area contributed by atoms with Gasteiger partial charge in [0.15, 0.2) is 0 Å². The van der Waals surface area contributed by atoms with Gasteiger partial charge in [-0.3, -0.25) is 24.2 Å². The number of likely N-dealkylation sites (tertiary alicyclic amines) is 1. The summed E-state index contributed by atoms with van der Waals surface area (Å²) in [6.07, 6.45) is -2.47. The molecule has 0 saturated carbocycles. The Morgan fingerprint density at radius 3 is 2.51 bits per heavy atom. The van der Waals surface area contributed by atoms with E-state index in [2.05, 4.69) is 10.6 Å². The molecule has 3 amide bonds. The molecule has 194 valence electrons. The van der Waals surface area contributed by atoms with Crippen molar-refractivity contribution in [1.29, 1.82) is 0 Å². The van der Waals surface area contributed by atoms with Crippen molar-refractivity contribution in [3.05, 3.63) is 23.8 Å². The Hall–Kier alpha value is -2.66. The number of piperidine rings is 1. The van der Waals surface area contributed by atoms with Crippen LogP contribution >= 0.6 is 0 Å². The summed E-state index contributed by atoms with van der Waals surface area (Å²) in [4.78, 5) is 41.0. The van der Waals surface area contributed by atoms with Gasteiger partial charge in [-0.25, -0.2) is 0 Å². The van der Waals surface area contributed by atoms with Crippen molar-refractivity contribution in [2.24, 2.45) is 5.92 Å². The lowest BCUT2D eigenvalue weighted by atomic mass is 9.94. The Kier molecular flexibility index (Phi) is 8.76. The monoisotopic (exact) mass is 498 g/mol. The standard InChI is InChI=1S/C24H33F3N4O4/c1-15(2)35-12-4-9-28-22(33)17-7-10-30(11-8-17)16(3)23(34)31-14-21(32)29-19-13-18(24(25,26)27)5-6-20(19)31/h5-6,13,15-17H,4,7-12,14H2,1-3H3,(H,28,33)(H,29,32). The van der Waals surface area contributed by atoms with Crippen LogP contribution in [0.15, 0.2) is 18.2 Å². The number of nitrogens with zero attached hydrogens (tertiary/aromatic N) is 2. The number of ether oxygens (including phenoxy) is 1. The molecule has 1 fully saturated rings. The molecule has 11 heteroatoms. The van der Waals surface area contributed by atoms with Crippen molar-refractivity contribution in [2.75, 3.05) is 43.0 Å². The molecular weight excluding hydrogens is 465 g/mol. The lowest BCUT2D eigenvalue weighted by Crippen LogP contribution is -2.53. The second kappa shape index (κ2) is 11.4. The van der Waals surface area contributed by atoms with Gasteiger partial charge in [-0.05, 0) is 71.3 Å². The number of rotatable bonds is 8. The number of hydrogen-bond donors (Lipinski definition) is 2. The fourth-order valence-electron chi connectivity index (χ4n) is 4.34. The summed E-state index contributed by atoms with van der Waals surface area (Å²) >= 11 is 0. The highest BCUT2D eigenvalue weighted by molar-refractivity contribution is 6.11. The molecule has 2 heterocycles. The predicted molar refractivity (Wildman–Crippen MR) is 125 cm³/mol. The molecular formula is C24H33F3N4O4. The molecule has 35 heavy (non-hydrogen) atoms. The first-order chi connectivity index (χ1) is 16.5. The molecule has 0 aromatic heterocycles. The van der Waals surface area contributed by atoms with Gasteiger partial charge in [0.25, 0.3) is 0 Å². The van der Waals surface area contributed by atoms with Crippen LogP contribution in [0.1, 0.15) is 45.6 Å². The topological polar surface area (TPSA) is 91.0 Å². The van der Waals surface area contributed by atoms with E-state index >= 15 is 0 Å². The van der Waals surface area contributed by atoms with Crippen molar-refractivity contribution in [1.82, 2.24) is 10.2 Å². The van der Waals surface area contributed by atoms with Gasteiger partial charge in [-0.2, -0.15) is 13.2 Å². The molecule has 2 aliphatic heterocycles. The molecule has 3 rings (SSSR count). The molecule has 2 N–H and O–H groups in total. The van der Waals surface area contributed by atoms with E-state index in [1.54, 1.807) is 6.92 Å². The van der Waals surface area contributed by atoms with Crippen molar-refractivity contribution in [3.63, 3.8) is 0 Å². The van der Waals surface area contributed by atoms with Gasteiger partial charge in [0.05, 0.1) is 29.1 Å². The smallest absolute Gasteiger partial charge is 0.379 e. The molecule has 1 atom stereocenters. The minimum Gasteiger partial charge on any atom is -0.379 e. The van der Waals surface area contributed by atoms with Crippen LogP contribution in [0.2, 0.25) is 0 Å². The minimum atomic E-state index is -4.56. The third kappa shape index (κ3) is 6.94. The minimum absolute atomic E-state index is 0.00438. The van der Waals surface area contributed by atoms with E-state index < -0.39 is 23.7 Å². The molecule has 1 unspecified atom stereocenters. The van der Waals surface area contributed by atoms with Crippen molar-refractivity contribution >= 4 is 29.1 Å². The quantitative estimate of drug-likeness (QED) is 0.538. The Morgan fingerprint density at radius 2 is 1.89 bits per heavy atom. The first-order valence-corrected chi connectivity index (χ1v) is 11.9. The maximum atomic E-state index is 13.2. The normalized spacial score (nSPS) is 18.3. The number of alkyl halides is 3. The van der Waals surface area contributed by atoms with Gasteiger partial charge < -0.3 is 15.4 Å². The first-order valence-electron chi connectivity index (χ1n) is 11.9. The number of anilines is 2. The number of fused-ring (bicyclic) bond motifs is 1. The van der Waals surface area contributed by atoms with Gasteiger partial charge in [0, 0.05) is 19.1 Å². The van der Waals surface area contributed by atoms with Crippen LogP contribution in [0, 0.1) is 5.92 Å². The fourth-order valence-corrected chi connectivity index (χ4v) is 4.34. The lowest BCUT2D eigenvalue weighted by molar-refractivity contribution is -0.137. The average Bonchev–Trinajstić information content (AvgIpc) is 2.81. The van der Waals surface area contributed by atoms with E-state index in [0.717, 1.165) is 18.6 Å². The average molecular weight is 499 g/mol. The largest absolute Gasteiger partial charge is 0.416 e. The zero-order chi connectivity index (χ0) is 25.8. The van der Waals surface area contributed by atoms with E-state index in [1.165, 1.54) is 11.0 Å².